The van der Waals surface area contributed by atoms with Crippen molar-refractivity contribution in [2.75, 3.05) is 34.4 Å². The Morgan fingerprint density at radius 3 is 2.61 bits per heavy atom. The first-order valence-electron chi connectivity index (χ1n) is 9.46. The van der Waals surface area contributed by atoms with Crippen LogP contribution in [0.4, 0.5) is 4.39 Å². The van der Waals surface area contributed by atoms with Gasteiger partial charge in [-0.2, -0.15) is 0 Å². The monoisotopic (exact) mass is 386 g/mol. The molecule has 0 aliphatic carbocycles. The van der Waals surface area contributed by atoms with E-state index in [9.17, 15) is 9.18 Å². The molecule has 1 atom stereocenters. The highest BCUT2D eigenvalue weighted by Gasteiger charge is 2.30. The van der Waals surface area contributed by atoms with E-state index in [0.717, 1.165) is 42.0 Å². The van der Waals surface area contributed by atoms with Crippen LogP contribution in [0.3, 0.4) is 0 Å². The highest BCUT2D eigenvalue weighted by Crippen LogP contribution is 2.38. The largest absolute Gasteiger partial charge is 0.497 e. The summed E-state index contributed by atoms with van der Waals surface area (Å²) in [7, 11) is 5.08. The highest BCUT2D eigenvalue weighted by molar-refractivity contribution is 5.78. The van der Waals surface area contributed by atoms with Crippen molar-refractivity contribution in [1.29, 1.82) is 0 Å². The van der Waals surface area contributed by atoms with Gasteiger partial charge >= 0.3 is 0 Å². The average molecular weight is 386 g/mol. The number of nitrogens with zero attached hydrogens (tertiary/aromatic N) is 2. The van der Waals surface area contributed by atoms with Crippen molar-refractivity contribution in [2.45, 2.75) is 25.4 Å². The van der Waals surface area contributed by atoms with Gasteiger partial charge in [-0.1, -0.05) is 12.1 Å². The summed E-state index contributed by atoms with van der Waals surface area (Å²) in [5.74, 6) is 1.36. The first-order chi connectivity index (χ1) is 13.5. The number of methoxy groups -OCH3 is 2. The van der Waals surface area contributed by atoms with Gasteiger partial charge in [-0.25, -0.2) is 4.39 Å². The molecule has 150 valence electrons. The third-order valence-corrected chi connectivity index (χ3v) is 5.26. The fraction of sp³-hybridized carbons (Fsp3) is 0.409. The molecule has 1 fully saturated rings. The second-order valence-corrected chi connectivity index (χ2v) is 7.11. The normalized spacial score (nSPS) is 16.8. The Morgan fingerprint density at radius 2 is 1.93 bits per heavy atom. The van der Waals surface area contributed by atoms with E-state index in [4.69, 9.17) is 9.47 Å². The van der Waals surface area contributed by atoms with Gasteiger partial charge in [-0.3, -0.25) is 9.69 Å². The number of carbonyl (C=O) groups is 1. The van der Waals surface area contributed by atoms with Gasteiger partial charge in [-0.05, 0) is 55.3 Å². The standard InChI is InChI=1S/C22H27FN2O3/c1-24(14-16-6-8-17(23)9-7-16)22(26)15-25-12-4-5-20(25)19-13-18(27-2)10-11-21(19)28-3/h6-11,13,20H,4-5,12,14-15H2,1-3H3/t20-/m0/s1. The first kappa shape index (κ1) is 20.1. The van der Waals surface area contributed by atoms with Crippen LogP contribution in [-0.4, -0.2) is 50.1 Å². The number of hydrogen-bond acceptors (Lipinski definition) is 4. The maximum Gasteiger partial charge on any atom is 0.236 e. The van der Waals surface area contributed by atoms with Crippen molar-refractivity contribution >= 4 is 5.91 Å². The molecule has 1 aliphatic rings. The summed E-state index contributed by atoms with van der Waals surface area (Å²) in [5, 5.41) is 0. The lowest BCUT2D eigenvalue weighted by Gasteiger charge is -2.28. The zero-order valence-corrected chi connectivity index (χ0v) is 16.7. The molecule has 3 rings (SSSR count). The molecule has 2 aromatic rings. The number of ether oxygens (including phenoxy) is 2. The van der Waals surface area contributed by atoms with Crippen molar-refractivity contribution in [3.63, 3.8) is 0 Å². The summed E-state index contributed by atoms with van der Waals surface area (Å²) in [6.07, 6.45) is 2.00. The van der Waals surface area contributed by atoms with Crippen LogP contribution in [0, 0.1) is 5.82 Å². The van der Waals surface area contributed by atoms with Crippen LogP contribution >= 0.6 is 0 Å². The molecule has 6 heteroatoms. The van der Waals surface area contributed by atoms with Gasteiger partial charge in [0.2, 0.25) is 5.91 Å². The van der Waals surface area contributed by atoms with Gasteiger partial charge < -0.3 is 14.4 Å². The lowest BCUT2D eigenvalue weighted by molar-refractivity contribution is -0.131. The summed E-state index contributed by atoms with van der Waals surface area (Å²) in [6.45, 7) is 1.66. The molecule has 1 heterocycles. The number of benzene rings is 2. The number of likely N-dealkylation sites (tertiary alicyclic amines) is 1. The van der Waals surface area contributed by atoms with E-state index in [1.807, 2.05) is 18.2 Å². The van der Waals surface area contributed by atoms with Gasteiger partial charge in [0.15, 0.2) is 0 Å². The quantitative estimate of drug-likeness (QED) is 0.729. The second-order valence-electron chi connectivity index (χ2n) is 7.11. The molecule has 0 aromatic heterocycles. The van der Waals surface area contributed by atoms with E-state index in [0.29, 0.717) is 13.1 Å². The minimum Gasteiger partial charge on any atom is -0.497 e. The number of rotatable bonds is 7. The number of amides is 1. The first-order valence-corrected chi connectivity index (χ1v) is 9.46. The van der Waals surface area contributed by atoms with Crippen LogP contribution in [0.2, 0.25) is 0 Å². The number of halogens is 1. The van der Waals surface area contributed by atoms with Crippen LogP contribution in [-0.2, 0) is 11.3 Å². The van der Waals surface area contributed by atoms with Crippen LogP contribution in [0.5, 0.6) is 11.5 Å². The molecule has 1 saturated heterocycles. The highest BCUT2D eigenvalue weighted by atomic mass is 19.1. The average Bonchev–Trinajstić information content (AvgIpc) is 3.17. The summed E-state index contributed by atoms with van der Waals surface area (Å²) in [4.78, 5) is 16.7. The topological polar surface area (TPSA) is 42.0 Å². The van der Waals surface area contributed by atoms with Gasteiger partial charge in [0, 0.05) is 25.2 Å². The van der Waals surface area contributed by atoms with Crippen molar-refractivity contribution < 1.29 is 18.7 Å². The van der Waals surface area contributed by atoms with Crippen LogP contribution in [0.1, 0.15) is 30.0 Å². The van der Waals surface area contributed by atoms with E-state index in [2.05, 4.69) is 4.90 Å². The molecule has 0 bridgehead atoms. The van der Waals surface area contributed by atoms with Crippen molar-refractivity contribution in [3.8, 4) is 11.5 Å². The maximum absolute atomic E-state index is 13.1. The summed E-state index contributed by atoms with van der Waals surface area (Å²) in [6, 6.07) is 12.1. The third-order valence-electron chi connectivity index (χ3n) is 5.26. The van der Waals surface area contributed by atoms with E-state index in [1.54, 1.807) is 38.3 Å². The molecule has 5 nitrogen and oxygen atoms in total. The van der Waals surface area contributed by atoms with Crippen molar-refractivity contribution in [1.82, 2.24) is 9.80 Å². The molecule has 0 N–H and O–H groups in total. The molecular formula is C22H27FN2O3. The Bertz CT molecular complexity index is 810. The van der Waals surface area contributed by atoms with Crippen LogP contribution < -0.4 is 9.47 Å². The summed E-state index contributed by atoms with van der Waals surface area (Å²) >= 11 is 0. The Hall–Kier alpha value is -2.60. The number of hydrogen-bond donors (Lipinski definition) is 0. The lowest BCUT2D eigenvalue weighted by atomic mass is 10.0. The fourth-order valence-electron chi connectivity index (χ4n) is 3.71. The van der Waals surface area contributed by atoms with Crippen LogP contribution in [0.15, 0.2) is 42.5 Å². The molecule has 0 radical (unpaired) electrons. The van der Waals surface area contributed by atoms with E-state index in [1.165, 1.54) is 12.1 Å². The molecule has 2 aromatic carbocycles. The zero-order chi connectivity index (χ0) is 20.1. The minimum atomic E-state index is -0.273. The number of carbonyl (C=O) groups excluding carboxylic acids is 1. The number of likely N-dealkylation sites (N-methyl/N-ethyl adjacent to an activating group) is 1. The molecule has 1 amide bonds. The second kappa shape index (κ2) is 9.06. The Kier molecular flexibility index (Phi) is 6.52. The van der Waals surface area contributed by atoms with Crippen molar-refractivity contribution in [3.05, 3.63) is 59.4 Å². The van der Waals surface area contributed by atoms with Crippen LogP contribution in [0.25, 0.3) is 0 Å². The summed E-state index contributed by atoms with van der Waals surface area (Å²) in [5.41, 5.74) is 1.96. The molecular weight excluding hydrogens is 359 g/mol. The zero-order valence-electron chi connectivity index (χ0n) is 16.7. The predicted molar refractivity (Wildman–Crippen MR) is 106 cm³/mol. The van der Waals surface area contributed by atoms with Gasteiger partial charge in [-0.15, -0.1) is 0 Å². The van der Waals surface area contributed by atoms with E-state index in [-0.39, 0.29) is 17.8 Å². The van der Waals surface area contributed by atoms with Gasteiger partial charge in [0.1, 0.15) is 17.3 Å². The fourth-order valence-corrected chi connectivity index (χ4v) is 3.71. The third kappa shape index (κ3) is 4.62. The van der Waals surface area contributed by atoms with Crippen molar-refractivity contribution in [2.24, 2.45) is 0 Å². The van der Waals surface area contributed by atoms with E-state index >= 15 is 0 Å². The molecule has 0 spiro atoms. The molecule has 0 saturated carbocycles. The SMILES string of the molecule is COc1ccc(OC)c([C@@H]2CCCN2CC(=O)N(C)Cc2ccc(F)cc2)c1. The Labute approximate surface area is 165 Å². The van der Waals surface area contributed by atoms with Gasteiger partial charge in [0.25, 0.3) is 0 Å². The molecule has 0 unspecified atom stereocenters. The maximum atomic E-state index is 13.1. The minimum absolute atomic E-state index is 0.0399. The molecule has 1 aliphatic heterocycles. The predicted octanol–water partition coefficient (Wildman–Crippen LogP) is 3.64. The lowest BCUT2D eigenvalue weighted by Crippen LogP contribution is -2.37. The molecule has 28 heavy (non-hydrogen) atoms. The summed E-state index contributed by atoms with van der Waals surface area (Å²) < 4.78 is 24.0. The van der Waals surface area contributed by atoms with E-state index < -0.39 is 0 Å². The Balaban J connectivity index is 1.69. The van der Waals surface area contributed by atoms with Gasteiger partial charge in [0.05, 0.1) is 20.8 Å². The smallest absolute Gasteiger partial charge is 0.236 e. The Morgan fingerprint density at radius 1 is 1.18 bits per heavy atom.